The summed E-state index contributed by atoms with van der Waals surface area (Å²) in [6, 6.07) is 0. The van der Waals surface area contributed by atoms with Gasteiger partial charge in [-0.15, -0.1) is 0 Å². The van der Waals surface area contributed by atoms with Gasteiger partial charge in [0.25, 0.3) is 11.8 Å². The van der Waals surface area contributed by atoms with Gasteiger partial charge in [-0.25, -0.2) is 0 Å². The molecular weight excluding hydrogens is 190 g/mol. The van der Waals surface area contributed by atoms with Gasteiger partial charge in [-0.2, -0.15) is 0 Å². The molecule has 3 heteroatoms. The number of allylic oxidation sites excluding steroid dienone is 3. The molecule has 3 nitrogen and oxygen atoms in total. The molecule has 0 aromatic carbocycles. The van der Waals surface area contributed by atoms with Gasteiger partial charge in [0, 0.05) is 17.7 Å². The Bertz CT molecular complexity index is 364. The second kappa shape index (κ2) is 4.73. The Hall–Kier alpha value is -1.64. The van der Waals surface area contributed by atoms with Crippen LogP contribution in [0, 0.1) is 0 Å². The van der Waals surface area contributed by atoms with Gasteiger partial charge in [0.05, 0.1) is 0 Å². The highest BCUT2D eigenvalue weighted by molar-refractivity contribution is 6.24. The highest BCUT2D eigenvalue weighted by Gasteiger charge is 2.35. The topological polar surface area (TPSA) is 37.4 Å². The molecule has 0 radical (unpaired) electrons. The lowest BCUT2D eigenvalue weighted by Gasteiger charge is -2.07. The highest BCUT2D eigenvalue weighted by atomic mass is 16.2. The van der Waals surface area contributed by atoms with E-state index in [-0.39, 0.29) is 11.8 Å². The normalized spacial score (nSPS) is 20.0. The molecule has 2 amide bonds. The van der Waals surface area contributed by atoms with E-state index in [1.807, 2.05) is 19.1 Å². The summed E-state index contributed by atoms with van der Waals surface area (Å²) in [5, 5.41) is 0. The molecule has 0 saturated carbocycles. The Morgan fingerprint density at radius 3 is 2.47 bits per heavy atom. The van der Waals surface area contributed by atoms with Crippen LogP contribution in [0.25, 0.3) is 0 Å². The van der Waals surface area contributed by atoms with Gasteiger partial charge in [0.1, 0.15) is 0 Å². The maximum atomic E-state index is 11.7. The summed E-state index contributed by atoms with van der Waals surface area (Å²) in [5.74, 6) is -0.494. The summed E-state index contributed by atoms with van der Waals surface area (Å²) >= 11 is 0. The van der Waals surface area contributed by atoms with Gasteiger partial charge in [-0.3, -0.25) is 14.5 Å². The molecular formula is C12H15NO2. The molecule has 0 aliphatic carbocycles. The Balaban J connectivity index is 2.92. The maximum Gasteiger partial charge on any atom is 0.261 e. The van der Waals surface area contributed by atoms with Gasteiger partial charge in [0.2, 0.25) is 0 Å². The molecule has 0 aromatic heterocycles. The Kier molecular flexibility index (Phi) is 3.61. The van der Waals surface area contributed by atoms with Crippen LogP contribution < -0.4 is 0 Å². The monoisotopic (exact) mass is 205 g/mol. The number of carbonyl (C=O) groups excluding carboxylic acids is 2. The van der Waals surface area contributed by atoms with Crippen molar-refractivity contribution in [3.63, 3.8) is 0 Å². The van der Waals surface area contributed by atoms with E-state index >= 15 is 0 Å². The standard InChI is InChI=1S/C12H15NO2/c1-4-6-7-8-10-9(3)11(14)13(5-2)12(10)15/h4,6,8H,3,5,7H2,1-2H3/b6-4-,10-8+. The SMILES string of the molecule is C=C1C(=O)N(CC)C(=O)/C1=C/C/C=C\C. The van der Waals surface area contributed by atoms with Crippen molar-refractivity contribution in [3.8, 4) is 0 Å². The number of rotatable bonds is 3. The van der Waals surface area contributed by atoms with E-state index in [1.165, 1.54) is 4.90 Å². The summed E-state index contributed by atoms with van der Waals surface area (Å²) in [7, 11) is 0. The van der Waals surface area contributed by atoms with Crippen molar-refractivity contribution in [1.82, 2.24) is 4.90 Å². The second-order valence-corrected chi connectivity index (χ2v) is 3.26. The summed E-state index contributed by atoms with van der Waals surface area (Å²) in [5.41, 5.74) is 0.756. The summed E-state index contributed by atoms with van der Waals surface area (Å²) < 4.78 is 0. The Labute approximate surface area is 89.8 Å². The van der Waals surface area contributed by atoms with Crippen molar-refractivity contribution in [2.75, 3.05) is 6.54 Å². The van der Waals surface area contributed by atoms with E-state index in [9.17, 15) is 9.59 Å². The third-order valence-corrected chi connectivity index (χ3v) is 2.31. The number of likely N-dealkylation sites (N-methyl/N-ethyl adjacent to an activating group) is 1. The van der Waals surface area contributed by atoms with E-state index < -0.39 is 0 Å². The number of nitrogens with zero attached hydrogens (tertiary/aromatic N) is 1. The molecule has 0 bridgehead atoms. The average Bonchev–Trinajstić information content (AvgIpc) is 2.42. The molecule has 1 heterocycles. The predicted octanol–water partition coefficient (Wildman–Crippen LogP) is 1.82. The molecule has 0 N–H and O–H groups in total. The summed E-state index contributed by atoms with van der Waals surface area (Å²) in [6.07, 6.45) is 6.23. The predicted molar refractivity (Wildman–Crippen MR) is 59.0 cm³/mol. The number of hydrogen-bond donors (Lipinski definition) is 0. The van der Waals surface area contributed by atoms with E-state index in [0.717, 1.165) is 0 Å². The second-order valence-electron chi connectivity index (χ2n) is 3.26. The number of amides is 2. The highest BCUT2D eigenvalue weighted by Crippen LogP contribution is 2.23. The molecule has 0 unspecified atom stereocenters. The quantitative estimate of drug-likeness (QED) is 0.400. The fraction of sp³-hybridized carbons (Fsp3) is 0.333. The van der Waals surface area contributed by atoms with Crippen LogP contribution in [0.2, 0.25) is 0 Å². The van der Waals surface area contributed by atoms with E-state index in [4.69, 9.17) is 0 Å². The van der Waals surface area contributed by atoms with Crippen LogP contribution in [-0.2, 0) is 9.59 Å². The van der Waals surface area contributed by atoms with Crippen molar-refractivity contribution in [2.45, 2.75) is 20.3 Å². The first kappa shape index (κ1) is 11.4. The molecule has 15 heavy (non-hydrogen) atoms. The zero-order valence-electron chi connectivity index (χ0n) is 9.12. The molecule has 1 aliphatic rings. The van der Waals surface area contributed by atoms with E-state index in [1.54, 1.807) is 13.0 Å². The lowest BCUT2D eigenvalue weighted by Crippen LogP contribution is -2.28. The van der Waals surface area contributed by atoms with Crippen molar-refractivity contribution in [1.29, 1.82) is 0 Å². The van der Waals surface area contributed by atoms with Crippen LogP contribution in [0.5, 0.6) is 0 Å². The molecule has 0 spiro atoms. The first-order chi connectivity index (χ1) is 7.13. The van der Waals surface area contributed by atoms with Crippen LogP contribution in [0.1, 0.15) is 20.3 Å². The fourth-order valence-corrected chi connectivity index (χ4v) is 1.46. The lowest BCUT2D eigenvalue weighted by molar-refractivity contribution is -0.136. The van der Waals surface area contributed by atoms with Gasteiger partial charge < -0.3 is 0 Å². The minimum Gasteiger partial charge on any atom is -0.275 e. The van der Waals surface area contributed by atoms with Crippen molar-refractivity contribution >= 4 is 11.8 Å². The minimum absolute atomic E-state index is 0.225. The molecule has 1 rings (SSSR count). The Morgan fingerprint density at radius 1 is 1.33 bits per heavy atom. The third kappa shape index (κ3) is 2.06. The Morgan fingerprint density at radius 2 is 2.00 bits per heavy atom. The number of likely N-dealkylation sites (tertiary alicyclic amines) is 1. The molecule has 1 fully saturated rings. The fourth-order valence-electron chi connectivity index (χ4n) is 1.46. The van der Waals surface area contributed by atoms with Gasteiger partial charge in [-0.05, 0) is 20.3 Å². The molecule has 1 aliphatic heterocycles. The van der Waals surface area contributed by atoms with E-state index in [2.05, 4.69) is 6.58 Å². The molecule has 80 valence electrons. The zero-order valence-corrected chi connectivity index (χ0v) is 9.12. The van der Waals surface area contributed by atoms with Crippen molar-refractivity contribution < 1.29 is 9.59 Å². The van der Waals surface area contributed by atoms with Crippen LogP contribution in [0.15, 0.2) is 36.0 Å². The summed E-state index contributed by atoms with van der Waals surface area (Å²) in [4.78, 5) is 24.5. The van der Waals surface area contributed by atoms with Crippen molar-refractivity contribution in [2.24, 2.45) is 0 Å². The largest absolute Gasteiger partial charge is 0.275 e. The van der Waals surface area contributed by atoms with Crippen LogP contribution in [0.4, 0.5) is 0 Å². The lowest BCUT2D eigenvalue weighted by atomic mass is 10.1. The van der Waals surface area contributed by atoms with Crippen molar-refractivity contribution in [3.05, 3.63) is 36.0 Å². The molecule has 1 saturated heterocycles. The summed E-state index contributed by atoms with van der Waals surface area (Å²) in [6.45, 7) is 7.73. The maximum absolute atomic E-state index is 11.7. The van der Waals surface area contributed by atoms with Crippen LogP contribution in [0.3, 0.4) is 0 Å². The molecule has 0 atom stereocenters. The van der Waals surface area contributed by atoms with Gasteiger partial charge >= 0.3 is 0 Å². The first-order valence-electron chi connectivity index (χ1n) is 5.00. The average molecular weight is 205 g/mol. The number of imide groups is 1. The smallest absolute Gasteiger partial charge is 0.261 e. The zero-order chi connectivity index (χ0) is 11.4. The van der Waals surface area contributed by atoms with Gasteiger partial charge in [0.15, 0.2) is 0 Å². The first-order valence-corrected chi connectivity index (χ1v) is 5.00. The van der Waals surface area contributed by atoms with Gasteiger partial charge in [-0.1, -0.05) is 24.8 Å². The minimum atomic E-state index is -0.269. The third-order valence-electron chi connectivity index (χ3n) is 2.31. The van der Waals surface area contributed by atoms with E-state index in [0.29, 0.717) is 24.1 Å². The van der Waals surface area contributed by atoms with Crippen LogP contribution in [-0.4, -0.2) is 23.3 Å². The number of hydrogen-bond acceptors (Lipinski definition) is 2. The molecule has 0 aromatic rings. The van der Waals surface area contributed by atoms with Crippen LogP contribution >= 0.6 is 0 Å². The number of carbonyl (C=O) groups is 2.